The zero-order valence-electron chi connectivity index (χ0n) is 10.3. The molecule has 18 heavy (non-hydrogen) atoms. The van der Waals surface area contributed by atoms with Crippen molar-refractivity contribution in [1.82, 2.24) is 5.32 Å². The molecule has 1 heterocycles. The van der Waals surface area contributed by atoms with Crippen molar-refractivity contribution >= 4 is 5.69 Å². The third-order valence-corrected chi connectivity index (χ3v) is 3.26. The maximum atomic E-state index is 13.7. The molecule has 1 fully saturated rings. The molecule has 1 atom stereocenters. The molecule has 0 bridgehead atoms. The molecular weight excluding hydrogens is 241 g/mol. The van der Waals surface area contributed by atoms with E-state index < -0.39 is 17.5 Å². The van der Waals surface area contributed by atoms with Gasteiger partial charge in [0.05, 0.1) is 5.69 Å². The number of anilines is 1. The van der Waals surface area contributed by atoms with Crippen LogP contribution >= 0.6 is 0 Å². The average molecular weight is 258 g/mol. The highest BCUT2D eigenvalue weighted by Gasteiger charge is 2.18. The van der Waals surface area contributed by atoms with Gasteiger partial charge in [-0.15, -0.1) is 0 Å². The summed E-state index contributed by atoms with van der Waals surface area (Å²) in [6, 6.07) is 1.91. The highest BCUT2D eigenvalue weighted by atomic mass is 19.2. The van der Waals surface area contributed by atoms with Gasteiger partial charge in [0.1, 0.15) is 5.82 Å². The molecule has 1 N–H and O–H groups in total. The molecule has 1 aliphatic heterocycles. The number of nitrogens with zero attached hydrogens (tertiary/aromatic N) is 1. The Bertz CT molecular complexity index is 423. The van der Waals surface area contributed by atoms with Gasteiger partial charge in [-0.2, -0.15) is 0 Å². The minimum atomic E-state index is -1.14. The van der Waals surface area contributed by atoms with Crippen LogP contribution in [0.3, 0.4) is 0 Å². The molecule has 100 valence electrons. The number of nitrogens with one attached hydrogen (secondary N) is 1. The van der Waals surface area contributed by atoms with E-state index in [0.29, 0.717) is 25.2 Å². The van der Waals surface area contributed by atoms with Crippen LogP contribution in [0.2, 0.25) is 0 Å². The highest BCUT2D eigenvalue weighted by molar-refractivity contribution is 5.48. The molecule has 1 unspecified atom stereocenters. The van der Waals surface area contributed by atoms with Crippen LogP contribution in [0.5, 0.6) is 0 Å². The van der Waals surface area contributed by atoms with Gasteiger partial charge in [0.25, 0.3) is 0 Å². The van der Waals surface area contributed by atoms with E-state index in [0.717, 1.165) is 25.5 Å². The zero-order chi connectivity index (χ0) is 13.1. The van der Waals surface area contributed by atoms with Crippen LogP contribution in [0.25, 0.3) is 0 Å². The van der Waals surface area contributed by atoms with Crippen LogP contribution in [0.4, 0.5) is 18.9 Å². The average Bonchev–Trinajstić information content (AvgIpc) is 2.30. The van der Waals surface area contributed by atoms with Crippen LogP contribution in [0, 0.1) is 17.5 Å². The molecule has 1 aromatic carbocycles. The molecule has 2 nitrogen and oxygen atoms in total. The van der Waals surface area contributed by atoms with Crippen LogP contribution < -0.4 is 10.2 Å². The van der Waals surface area contributed by atoms with Crippen molar-refractivity contribution in [2.24, 2.45) is 0 Å². The van der Waals surface area contributed by atoms with Gasteiger partial charge in [-0.05, 0) is 26.3 Å². The summed E-state index contributed by atoms with van der Waals surface area (Å²) < 4.78 is 39.8. The smallest absolute Gasteiger partial charge is 0.161 e. The molecule has 1 aromatic rings. The molecule has 2 rings (SSSR count). The lowest BCUT2D eigenvalue weighted by molar-refractivity contribution is 0.466. The fourth-order valence-corrected chi connectivity index (χ4v) is 2.18. The van der Waals surface area contributed by atoms with Crippen molar-refractivity contribution in [2.75, 3.05) is 24.5 Å². The zero-order valence-corrected chi connectivity index (χ0v) is 10.3. The van der Waals surface area contributed by atoms with Gasteiger partial charge in [0, 0.05) is 31.3 Å². The van der Waals surface area contributed by atoms with Crippen LogP contribution in [-0.4, -0.2) is 25.7 Å². The van der Waals surface area contributed by atoms with Crippen molar-refractivity contribution in [3.63, 3.8) is 0 Å². The highest BCUT2D eigenvalue weighted by Crippen LogP contribution is 2.23. The summed E-state index contributed by atoms with van der Waals surface area (Å²) in [4.78, 5) is 1.79. The van der Waals surface area contributed by atoms with Gasteiger partial charge in [0.2, 0.25) is 0 Å². The molecule has 0 amide bonds. The summed E-state index contributed by atoms with van der Waals surface area (Å²) in [5.41, 5.74) is 0.156. The lowest BCUT2D eigenvalue weighted by Crippen LogP contribution is -2.38. The Hall–Kier alpha value is -1.23. The standard InChI is InChI=1S/C13H17F3N2/c1-9-3-6-18(5-2-4-17-9)13-8-11(15)10(14)7-12(13)16/h7-9,17H,2-6H2,1H3. The topological polar surface area (TPSA) is 15.3 Å². The van der Waals surface area contributed by atoms with E-state index in [1.54, 1.807) is 4.90 Å². The normalized spacial score (nSPS) is 21.6. The van der Waals surface area contributed by atoms with Crippen LogP contribution in [-0.2, 0) is 0 Å². The predicted octanol–water partition coefficient (Wildman–Crippen LogP) is 2.68. The second-order valence-corrected chi connectivity index (χ2v) is 4.70. The summed E-state index contributed by atoms with van der Waals surface area (Å²) in [5, 5.41) is 3.34. The summed E-state index contributed by atoms with van der Waals surface area (Å²) in [6.45, 7) is 4.19. The lowest BCUT2D eigenvalue weighted by Gasteiger charge is -2.29. The third-order valence-electron chi connectivity index (χ3n) is 3.26. The molecule has 0 saturated carbocycles. The molecule has 5 heteroatoms. The van der Waals surface area contributed by atoms with E-state index in [2.05, 4.69) is 12.2 Å². The molecular formula is C13H17F3N2. The minimum Gasteiger partial charge on any atom is -0.369 e. The van der Waals surface area contributed by atoms with Crippen molar-refractivity contribution < 1.29 is 13.2 Å². The predicted molar refractivity (Wildman–Crippen MR) is 65.2 cm³/mol. The van der Waals surface area contributed by atoms with Crippen LogP contribution in [0.15, 0.2) is 12.1 Å². The maximum absolute atomic E-state index is 13.7. The van der Waals surface area contributed by atoms with Gasteiger partial charge in [0.15, 0.2) is 11.6 Å². The van der Waals surface area contributed by atoms with Gasteiger partial charge in [-0.25, -0.2) is 13.2 Å². The Morgan fingerprint density at radius 3 is 2.61 bits per heavy atom. The summed E-state index contributed by atoms with van der Waals surface area (Å²) in [5.74, 6) is -2.84. The lowest BCUT2D eigenvalue weighted by atomic mass is 10.1. The first-order valence-corrected chi connectivity index (χ1v) is 6.21. The first kappa shape index (κ1) is 13.2. The third kappa shape index (κ3) is 2.96. The number of hydrogen-bond donors (Lipinski definition) is 1. The Labute approximate surface area is 105 Å². The molecule has 1 aliphatic rings. The van der Waals surface area contributed by atoms with Crippen molar-refractivity contribution in [3.8, 4) is 0 Å². The monoisotopic (exact) mass is 258 g/mol. The Morgan fingerprint density at radius 1 is 1.11 bits per heavy atom. The number of hydrogen-bond acceptors (Lipinski definition) is 2. The summed E-state index contributed by atoms with van der Waals surface area (Å²) in [6.07, 6.45) is 1.70. The maximum Gasteiger partial charge on any atom is 0.161 e. The Kier molecular flexibility index (Phi) is 4.11. The number of rotatable bonds is 1. The molecule has 1 saturated heterocycles. The fourth-order valence-electron chi connectivity index (χ4n) is 2.18. The van der Waals surface area contributed by atoms with E-state index >= 15 is 0 Å². The number of benzene rings is 1. The second kappa shape index (κ2) is 5.61. The fraction of sp³-hybridized carbons (Fsp3) is 0.538. The first-order valence-electron chi connectivity index (χ1n) is 6.21. The Balaban J connectivity index is 2.21. The van der Waals surface area contributed by atoms with Gasteiger partial charge in [-0.1, -0.05) is 0 Å². The van der Waals surface area contributed by atoms with E-state index in [1.807, 2.05) is 0 Å². The van der Waals surface area contributed by atoms with Gasteiger partial charge in [-0.3, -0.25) is 0 Å². The van der Waals surface area contributed by atoms with Crippen molar-refractivity contribution in [3.05, 3.63) is 29.6 Å². The minimum absolute atomic E-state index is 0.156. The first-order chi connectivity index (χ1) is 8.58. The largest absolute Gasteiger partial charge is 0.369 e. The van der Waals surface area contributed by atoms with Crippen molar-refractivity contribution in [2.45, 2.75) is 25.8 Å². The summed E-state index contributed by atoms with van der Waals surface area (Å²) in [7, 11) is 0. The quantitative estimate of drug-likeness (QED) is 0.779. The number of halogens is 3. The second-order valence-electron chi connectivity index (χ2n) is 4.70. The van der Waals surface area contributed by atoms with Gasteiger partial charge >= 0.3 is 0 Å². The van der Waals surface area contributed by atoms with E-state index in [9.17, 15) is 13.2 Å². The van der Waals surface area contributed by atoms with E-state index in [4.69, 9.17) is 0 Å². The Morgan fingerprint density at radius 2 is 1.83 bits per heavy atom. The molecule has 0 spiro atoms. The van der Waals surface area contributed by atoms with Crippen molar-refractivity contribution in [1.29, 1.82) is 0 Å². The molecule has 0 aliphatic carbocycles. The van der Waals surface area contributed by atoms with E-state index in [1.165, 1.54) is 0 Å². The van der Waals surface area contributed by atoms with E-state index in [-0.39, 0.29) is 5.69 Å². The molecule has 0 aromatic heterocycles. The molecule has 0 radical (unpaired) electrons. The van der Waals surface area contributed by atoms with Gasteiger partial charge < -0.3 is 10.2 Å². The van der Waals surface area contributed by atoms with Crippen LogP contribution in [0.1, 0.15) is 19.8 Å². The summed E-state index contributed by atoms with van der Waals surface area (Å²) >= 11 is 0. The SMILES string of the molecule is CC1CCN(c2cc(F)c(F)cc2F)CCCN1.